The Morgan fingerprint density at radius 1 is 1.40 bits per heavy atom. The maximum absolute atomic E-state index is 11.0. The van der Waals surface area contributed by atoms with Gasteiger partial charge in [-0.3, -0.25) is 4.79 Å². The molecule has 2 aliphatic heterocycles. The summed E-state index contributed by atoms with van der Waals surface area (Å²) in [6.45, 7) is 0.795. The van der Waals surface area contributed by atoms with E-state index in [1.165, 1.54) is 11.1 Å². The lowest BCUT2D eigenvalue weighted by molar-refractivity contribution is -0.140. The number of piperidine rings is 1. The Hall–Kier alpha value is -1.55. The van der Waals surface area contributed by atoms with Crippen LogP contribution in [0.4, 0.5) is 0 Å². The lowest BCUT2D eigenvalue weighted by Crippen LogP contribution is -2.46. The summed E-state index contributed by atoms with van der Waals surface area (Å²) in [6.07, 6.45) is 5.85. The molecule has 0 saturated carbocycles. The molecule has 1 saturated heterocycles. The molecule has 0 amide bonds. The number of nitrogens with one attached hydrogen (secondary N) is 1. The maximum Gasteiger partial charge on any atom is 0.320 e. The van der Waals surface area contributed by atoms with Gasteiger partial charge in [-0.05, 0) is 49.3 Å². The van der Waals surface area contributed by atoms with Crippen molar-refractivity contribution in [3.8, 4) is 5.75 Å². The van der Waals surface area contributed by atoms with Crippen LogP contribution in [0.5, 0.6) is 5.75 Å². The van der Waals surface area contributed by atoms with E-state index < -0.39 is 5.97 Å². The highest BCUT2D eigenvalue weighted by molar-refractivity contribution is 5.73. The Bertz CT molecular complexity index is 500. The number of hydrogen-bond donors (Lipinski definition) is 2. The summed E-state index contributed by atoms with van der Waals surface area (Å²) < 4.78 is 5.51. The van der Waals surface area contributed by atoms with Crippen LogP contribution in [0.15, 0.2) is 18.2 Å². The predicted octanol–water partition coefficient (Wildman–Crippen LogP) is 2.15. The molecule has 1 aromatic carbocycles. The zero-order valence-corrected chi connectivity index (χ0v) is 11.6. The molecule has 2 N–H and O–H groups in total. The van der Waals surface area contributed by atoms with Crippen molar-refractivity contribution in [3.05, 3.63) is 29.3 Å². The van der Waals surface area contributed by atoms with Crippen LogP contribution in [0.2, 0.25) is 0 Å². The molecule has 2 aliphatic rings. The van der Waals surface area contributed by atoms with Crippen LogP contribution in [0.1, 0.15) is 36.8 Å². The van der Waals surface area contributed by atoms with Crippen LogP contribution in [0, 0.1) is 0 Å². The van der Waals surface area contributed by atoms with Crippen LogP contribution < -0.4 is 10.1 Å². The fourth-order valence-electron chi connectivity index (χ4n) is 3.18. The van der Waals surface area contributed by atoms with Gasteiger partial charge in [-0.2, -0.15) is 0 Å². The van der Waals surface area contributed by atoms with E-state index >= 15 is 0 Å². The summed E-state index contributed by atoms with van der Waals surface area (Å²) in [6, 6.07) is 6.39. The minimum absolute atomic E-state index is 0.328. The van der Waals surface area contributed by atoms with Gasteiger partial charge in [0.25, 0.3) is 0 Å². The highest BCUT2D eigenvalue weighted by Crippen LogP contribution is 2.27. The van der Waals surface area contributed by atoms with Gasteiger partial charge in [0.05, 0.1) is 6.61 Å². The fraction of sp³-hybridized carbons (Fsp3) is 0.562. The maximum atomic E-state index is 11.0. The van der Waals surface area contributed by atoms with Crippen molar-refractivity contribution in [1.29, 1.82) is 0 Å². The van der Waals surface area contributed by atoms with Crippen molar-refractivity contribution in [2.45, 2.75) is 50.6 Å². The topological polar surface area (TPSA) is 58.6 Å². The van der Waals surface area contributed by atoms with E-state index in [4.69, 9.17) is 9.84 Å². The third-order valence-electron chi connectivity index (χ3n) is 4.32. The second-order valence-electron chi connectivity index (χ2n) is 5.76. The van der Waals surface area contributed by atoms with Gasteiger partial charge in [-0.25, -0.2) is 0 Å². The van der Waals surface area contributed by atoms with E-state index in [1.807, 2.05) is 0 Å². The molecule has 0 aliphatic carbocycles. The minimum atomic E-state index is -0.718. The minimum Gasteiger partial charge on any atom is -0.493 e. The molecule has 108 valence electrons. The Balaban J connectivity index is 1.55. The van der Waals surface area contributed by atoms with E-state index in [0.29, 0.717) is 6.04 Å². The van der Waals surface area contributed by atoms with Crippen molar-refractivity contribution in [1.82, 2.24) is 5.32 Å². The number of carboxylic acid groups (broad SMARTS) is 1. The van der Waals surface area contributed by atoms with E-state index in [-0.39, 0.29) is 6.04 Å². The van der Waals surface area contributed by atoms with Crippen LogP contribution in [-0.2, 0) is 17.6 Å². The van der Waals surface area contributed by atoms with E-state index in [9.17, 15) is 4.79 Å². The summed E-state index contributed by atoms with van der Waals surface area (Å²) >= 11 is 0. The first-order valence-electron chi connectivity index (χ1n) is 7.46. The van der Waals surface area contributed by atoms with Crippen molar-refractivity contribution < 1.29 is 14.6 Å². The molecule has 0 spiro atoms. The van der Waals surface area contributed by atoms with E-state index in [0.717, 1.165) is 50.9 Å². The second-order valence-corrected chi connectivity index (χ2v) is 5.76. The molecule has 0 aromatic heterocycles. The van der Waals surface area contributed by atoms with Gasteiger partial charge < -0.3 is 15.2 Å². The Labute approximate surface area is 119 Å². The molecule has 0 radical (unpaired) electrons. The number of benzene rings is 1. The second kappa shape index (κ2) is 5.83. The SMILES string of the molecule is O=C(O)C1CCCC(CCc2ccc3c(c2)CCO3)N1. The van der Waals surface area contributed by atoms with Crippen LogP contribution in [0.3, 0.4) is 0 Å². The number of aryl methyl sites for hydroxylation is 1. The normalized spacial score (nSPS) is 25.0. The molecule has 4 heteroatoms. The smallest absolute Gasteiger partial charge is 0.320 e. The molecule has 4 nitrogen and oxygen atoms in total. The average Bonchev–Trinajstić information content (AvgIpc) is 2.93. The predicted molar refractivity (Wildman–Crippen MR) is 76.2 cm³/mol. The first-order valence-corrected chi connectivity index (χ1v) is 7.46. The van der Waals surface area contributed by atoms with Gasteiger partial charge in [-0.1, -0.05) is 12.1 Å². The van der Waals surface area contributed by atoms with E-state index in [2.05, 4.69) is 23.5 Å². The number of rotatable bonds is 4. The van der Waals surface area contributed by atoms with Gasteiger partial charge in [0.1, 0.15) is 11.8 Å². The first kappa shape index (κ1) is 13.4. The van der Waals surface area contributed by atoms with Crippen LogP contribution in [-0.4, -0.2) is 29.8 Å². The van der Waals surface area contributed by atoms with Gasteiger partial charge in [-0.15, -0.1) is 0 Å². The fourth-order valence-corrected chi connectivity index (χ4v) is 3.18. The molecule has 2 unspecified atom stereocenters. The molecular weight excluding hydrogens is 254 g/mol. The average molecular weight is 275 g/mol. The number of hydrogen-bond acceptors (Lipinski definition) is 3. The number of aliphatic carboxylic acids is 1. The zero-order valence-electron chi connectivity index (χ0n) is 11.6. The molecule has 1 aromatic rings. The summed E-state index contributed by atoms with van der Waals surface area (Å²) in [7, 11) is 0. The van der Waals surface area contributed by atoms with E-state index in [1.54, 1.807) is 0 Å². The van der Waals surface area contributed by atoms with Crippen molar-refractivity contribution in [2.24, 2.45) is 0 Å². The van der Waals surface area contributed by atoms with Gasteiger partial charge in [0.15, 0.2) is 0 Å². The Morgan fingerprint density at radius 2 is 2.30 bits per heavy atom. The Morgan fingerprint density at radius 3 is 3.15 bits per heavy atom. The largest absolute Gasteiger partial charge is 0.493 e. The monoisotopic (exact) mass is 275 g/mol. The third-order valence-corrected chi connectivity index (χ3v) is 4.32. The van der Waals surface area contributed by atoms with Gasteiger partial charge in [0.2, 0.25) is 0 Å². The molecule has 0 bridgehead atoms. The van der Waals surface area contributed by atoms with Gasteiger partial charge in [0, 0.05) is 12.5 Å². The summed E-state index contributed by atoms with van der Waals surface area (Å²) in [5, 5.41) is 12.3. The number of carboxylic acids is 1. The zero-order chi connectivity index (χ0) is 13.9. The van der Waals surface area contributed by atoms with Crippen LogP contribution >= 0.6 is 0 Å². The van der Waals surface area contributed by atoms with Crippen molar-refractivity contribution in [3.63, 3.8) is 0 Å². The Kier molecular flexibility index (Phi) is 3.92. The summed E-state index contributed by atoms with van der Waals surface area (Å²) in [5.74, 6) is 0.305. The number of ether oxygens (including phenoxy) is 1. The highest BCUT2D eigenvalue weighted by Gasteiger charge is 2.25. The highest BCUT2D eigenvalue weighted by atomic mass is 16.5. The lowest BCUT2D eigenvalue weighted by atomic mass is 9.93. The van der Waals surface area contributed by atoms with Gasteiger partial charge >= 0.3 is 5.97 Å². The third kappa shape index (κ3) is 2.96. The first-order chi connectivity index (χ1) is 9.72. The lowest BCUT2D eigenvalue weighted by Gasteiger charge is -2.28. The molecule has 2 atom stereocenters. The standard InChI is InChI=1S/C16H21NO3/c18-16(19)14-3-1-2-13(17-14)6-4-11-5-7-15-12(10-11)8-9-20-15/h5,7,10,13-14,17H,1-4,6,8-9H2,(H,18,19). The number of fused-ring (bicyclic) bond motifs is 1. The number of carbonyl (C=O) groups is 1. The molecule has 20 heavy (non-hydrogen) atoms. The van der Waals surface area contributed by atoms with Crippen LogP contribution in [0.25, 0.3) is 0 Å². The molecule has 3 rings (SSSR count). The van der Waals surface area contributed by atoms with Crippen molar-refractivity contribution in [2.75, 3.05) is 6.61 Å². The summed E-state index contributed by atoms with van der Waals surface area (Å²) in [5.41, 5.74) is 2.64. The summed E-state index contributed by atoms with van der Waals surface area (Å²) in [4.78, 5) is 11.0. The molecule has 2 heterocycles. The molecular formula is C16H21NO3. The van der Waals surface area contributed by atoms with Crippen molar-refractivity contribution >= 4 is 5.97 Å². The molecule has 1 fully saturated rings. The quantitative estimate of drug-likeness (QED) is 0.884.